The molecule has 0 radical (unpaired) electrons. The second-order valence-electron chi connectivity index (χ2n) is 29.4. The number of primary amides is 1. The molecule has 116 heavy (non-hydrogen) atoms. The Hall–Kier alpha value is -12.6. The Balaban J connectivity index is 0.741. The number of carbonyl (C=O) groups is 9. The van der Waals surface area contributed by atoms with Crippen LogP contribution in [0.15, 0.2) is 182 Å². The van der Waals surface area contributed by atoms with Gasteiger partial charge in [0.1, 0.15) is 60.8 Å². The summed E-state index contributed by atoms with van der Waals surface area (Å²) in [4.78, 5) is 128. The first-order valence-electron chi connectivity index (χ1n) is 38.6. The van der Waals surface area contributed by atoms with Crippen LogP contribution in [-0.4, -0.2) is 173 Å². The summed E-state index contributed by atoms with van der Waals surface area (Å²) < 4.78 is 35.1. The first-order valence-corrected chi connectivity index (χ1v) is 38.6. The number of anilines is 3. The Bertz CT molecular complexity index is 4840. The predicted octanol–water partition coefficient (Wildman–Crippen LogP) is 11.1. The molecule has 0 aromatic heterocycles. The topological polar surface area (TPSA) is 358 Å². The molecular formula is C89H104N12O15. The highest BCUT2D eigenvalue weighted by Crippen LogP contribution is 2.41. The van der Waals surface area contributed by atoms with E-state index in [0.29, 0.717) is 34.9 Å². The van der Waals surface area contributed by atoms with Gasteiger partial charge in [0.15, 0.2) is 0 Å². The Kier molecular flexibility index (Phi) is 31.2. The van der Waals surface area contributed by atoms with Crippen LogP contribution in [0, 0.1) is 17.2 Å². The SMILES string of the molecule is CC/C(=C(/c1ccc(OCCN(C)C(=O)COCCOCCNC(=O)c2ccc(C(=O)N3c4cc(C#N)ccc4N(Cc4c(OC)ccc5ccccc45)C(=O)[C@@H](NC(=O)[C@H](C)N(C)C(=O)OC(C)(C)C)[C@@H]3C)cc2)cc1)c1ccc(OCc2ccc(NC(=O)[C@H](CCCNC(N)=O)NC(=O)[C@@H](N)C(C)C)cc2)cc1)c1ccccc1. The fourth-order valence-electron chi connectivity index (χ4n) is 13.0. The lowest BCUT2D eigenvalue weighted by Gasteiger charge is -2.34. The van der Waals surface area contributed by atoms with Crippen LogP contribution >= 0.6 is 0 Å². The average Bonchev–Trinajstić information content (AvgIpc) is 1.58. The molecule has 0 saturated heterocycles. The molecule has 1 aliphatic heterocycles. The number of fused-ring (bicyclic) bond motifs is 2. The van der Waals surface area contributed by atoms with Crippen molar-refractivity contribution >= 4 is 92.5 Å². The minimum Gasteiger partial charge on any atom is -0.496 e. The molecule has 0 saturated carbocycles. The fourth-order valence-corrected chi connectivity index (χ4v) is 13.0. The van der Waals surface area contributed by atoms with E-state index >= 15 is 9.59 Å². The third-order valence-electron chi connectivity index (χ3n) is 19.7. The van der Waals surface area contributed by atoms with Gasteiger partial charge in [0.05, 0.1) is 75.1 Å². The summed E-state index contributed by atoms with van der Waals surface area (Å²) in [6.07, 6.45) is 0.609. The van der Waals surface area contributed by atoms with Crippen molar-refractivity contribution in [2.45, 2.75) is 124 Å². The normalized spacial score (nSPS) is 14.3. The van der Waals surface area contributed by atoms with Crippen LogP contribution in [0.4, 0.5) is 26.7 Å². The van der Waals surface area contributed by atoms with Gasteiger partial charge in [-0.15, -0.1) is 0 Å². The zero-order valence-corrected chi connectivity index (χ0v) is 67.5. The predicted molar refractivity (Wildman–Crippen MR) is 445 cm³/mol. The van der Waals surface area contributed by atoms with E-state index in [1.807, 2.05) is 123 Å². The van der Waals surface area contributed by atoms with Gasteiger partial charge >= 0.3 is 12.1 Å². The number of allylic oxidation sites excluding steroid dienone is 1. The van der Waals surface area contributed by atoms with Crippen molar-refractivity contribution in [1.29, 1.82) is 5.26 Å². The number of hydrogen-bond acceptors (Lipinski definition) is 17. The average molecular weight is 1580 g/mol. The van der Waals surface area contributed by atoms with E-state index in [0.717, 1.165) is 55.5 Å². The number of benzene rings is 8. The Labute approximate surface area is 676 Å². The van der Waals surface area contributed by atoms with Crippen molar-refractivity contribution in [2.24, 2.45) is 17.4 Å². The van der Waals surface area contributed by atoms with Crippen LogP contribution in [-0.2, 0) is 51.3 Å². The molecular weight excluding hydrogens is 1480 g/mol. The van der Waals surface area contributed by atoms with Crippen molar-refractivity contribution < 1.29 is 71.6 Å². The highest BCUT2D eigenvalue weighted by atomic mass is 16.6. The number of methoxy groups -OCH3 is 1. The molecule has 0 spiro atoms. The number of amides is 10. The number of urea groups is 1. The number of hydrogen-bond donors (Lipinski definition) is 7. The van der Waals surface area contributed by atoms with E-state index < -0.39 is 83.4 Å². The van der Waals surface area contributed by atoms with Gasteiger partial charge in [-0.25, -0.2) is 9.59 Å². The molecule has 8 aromatic carbocycles. The number of nitrogens with one attached hydrogen (secondary N) is 5. The quantitative estimate of drug-likeness (QED) is 0.0142. The Morgan fingerprint density at radius 3 is 1.95 bits per heavy atom. The Morgan fingerprint density at radius 1 is 0.672 bits per heavy atom. The summed E-state index contributed by atoms with van der Waals surface area (Å²) in [5.74, 6) is -1.88. The summed E-state index contributed by atoms with van der Waals surface area (Å²) >= 11 is 0. The first-order chi connectivity index (χ1) is 55.6. The summed E-state index contributed by atoms with van der Waals surface area (Å²) in [6.45, 7) is 15.2. The number of likely N-dealkylation sites (N-methyl/N-ethyl adjacent to an activating group) is 2. The van der Waals surface area contributed by atoms with Gasteiger partial charge in [0.25, 0.3) is 17.7 Å². The largest absolute Gasteiger partial charge is 0.496 e. The lowest BCUT2D eigenvalue weighted by molar-refractivity contribution is -0.135. The zero-order valence-electron chi connectivity index (χ0n) is 67.5. The molecule has 8 aromatic rings. The zero-order chi connectivity index (χ0) is 83.8. The molecule has 27 nitrogen and oxygen atoms in total. The number of nitriles is 1. The van der Waals surface area contributed by atoms with Crippen LogP contribution in [0.3, 0.4) is 0 Å². The number of rotatable bonds is 36. The molecule has 27 heteroatoms. The Morgan fingerprint density at radius 2 is 1.31 bits per heavy atom. The molecule has 0 unspecified atom stereocenters. The van der Waals surface area contributed by atoms with E-state index in [-0.39, 0.29) is 112 Å². The second-order valence-corrected chi connectivity index (χ2v) is 29.4. The van der Waals surface area contributed by atoms with Crippen LogP contribution in [0.25, 0.3) is 21.9 Å². The summed E-state index contributed by atoms with van der Waals surface area (Å²) in [5.41, 5.74) is 18.6. The minimum absolute atomic E-state index is 0.0858. The van der Waals surface area contributed by atoms with Crippen LogP contribution < -0.4 is 62.1 Å². The molecule has 5 atom stereocenters. The third-order valence-corrected chi connectivity index (χ3v) is 19.7. The molecule has 0 aliphatic carbocycles. The fraction of sp³-hybridized carbons (Fsp3) is 0.348. The smallest absolute Gasteiger partial charge is 0.410 e. The maximum atomic E-state index is 15.4. The van der Waals surface area contributed by atoms with Gasteiger partial charge in [0, 0.05) is 49.6 Å². The molecule has 1 heterocycles. The molecule has 1 aliphatic rings. The molecule has 610 valence electrons. The van der Waals surface area contributed by atoms with Gasteiger partial charge < -0.3 is 81.2 Å². The van der Waals surface area contributed by atoms with E-state index in [1.54, 1.807) is 65.1 Å². The third kappa shape index (κ3) is 23.5. The van der Waals surface area contributed by atoms with Gasteiger partial charge in [-0.3, -0.25) is 38.5 Å². The van der Waals surface area contributed by atoms with Crippen molar-refractivity contribution in [3.63, 3.8) is 0 Å². The molecule has 9 rings (SSSR count). The molecule has 10 amide bonds. The first kappa shape index (κ1) is 87.3. The minimum atomic E-state index is -1.43. The number of nitrogens with zero attached hydrogens (tertiary/aromatic N) is 5. The maximum Gasteiger partial charge on any atom is 0.410 e. The van der Waals surface area contributed by atoms with E-state index in [1.165, 1.54) is 66.1 Å². The van der Waals surface area contributed by atoms with Gasteiger partial charge in [-0.05, 0) is 189 Å². The van der Waals surface area contributed by atoms with E-state index in [9.17, 15) is 38.8 Å². The van der Waals surface area contributed by atoms with Crippen LogP contribution in [0.5, 0.6) is 17.2 Å². The van der Waals surface area contributed by atoms with Gasteiger partial charge in [-0.1, -0.05) is 118 Å². The lowest BCUT2D eigenvalue weighted by Crippen LogP contribution is -2.60. The monoisotopic (exact) mass is 1580 g/mol. The van der Waals surface area contributed by atoms with E-state index in [4.69, 9.17) is 39.9 Å². The second kappa shape index (κ2) is 41.4. The maximum absolute atomic E-state index is 15.4. The van der Waals surface area contributed by atoms with Crippen molar-refractivity contribution in [3.8, 4) is 23.3 Å². The van der Waals surface area contributed by atoms with Crippen molar-refractivity contribution in [3.05, 3.63) is 226 Å². The van der Waals surface area contributed by atoms with Crippen molar-refractivity contribution in [1.82, 2.24) is 31.1 Å². The number of ether oxygens (including phenoxy) is 6. The van der Waals surface area contributed by atoms with Gasteiger partial charge in [0.2, 0.25) is 23.6 Å². The van der Waals surface area contributed by atoms with Crippen molar-refractivity contribution in [2.75, 3.05) is 89.0 Å². The molecule has 0 fully saturated rings. The molecule has 0 bridgehead atoms. The summed E-state index contributed by atoms with van der Waals surface area (Å²) in [6, 6.07) is 51.1. The number of nitrogens with two attached hydrogens (primary N) is 2. The number of carbonyl (C=O) groups excluding carboxylic acids is 9. The summed E-state index contributed by atoms with van der Waals surface area (Å²) in [5, 5.41) is 25.7. The van der Waals surface area contributed by atoms with Crippen LogP contribution in [0.2, 0.25) is 0 Å². The summed E-state index contributed by atoms with van der Waals surface area (Å²) in [7, 11) is 4.60. The highest BCUT2D eigenvalue weighted by Gasteiger charge is 2.44. The standard InChI is InChI=1S/C89H104N12O15/c1-12-70(61-19-14-13-15-20-61)78(64-33-40-69(41-34-64)115-54-59-24-36-67(37-25-59)95-83(105)73(23-18-44-94-87(92)109)96-84(106)79(91)56(2)3)63-31-38-68(39-32-63)114-48-46-98(9)77(102)55-113-50-49-112-47-45-93-82(104)65-27-29-66(30-28-65)85(107)101-57(4)80(97-81(103)58(5)99(10)88(110)116-89(6,7)8)86(108)100(74-42-26-60(52-90)51-75(74)101)53-72-71-22-17-16-21-62(71)35-43-76(72)111-11/h13-17,19-22,24-43,51,56-58,73,79-80H,12,18,23,44-50,53-55,91H2,1-11H3,(H,93,104)(H,95,105)(H,96,106)(H,97,103)(H3,92,94,109)/b78-70+/t57-,58-,73-,79-,80-/m0/s1. The highest BCUT2D eigenvalue weighted by molar-refractivity contribution is 6.14. The molecule has 9 N–H and O–H groups in total. The lowest BCUT2D eigenvalue weighted by atomic mass is 9.88. The van der Waals surface area contributed by atoms with Crippen LogP contribution in [0.1, 0.15) is 129 Å². The van der Waals surface area contributed by atoms with E-state index in [2.05, 4.69) is 51.7 Å². The van der Waals surface area contributed by atoms with Gasteiger partial charge in [-0.2, -0.15) is 5.26 Å².